The van der Waals surface area contributed by atoms with Crippen molar-refractivity contribution < 1.29 is 26.4 Å². The Morgan fingerprint density at radius 1 is 1.13 bits per heavy atom. The number of likely N-dealkylation sites (N-methyl/N-ethyl adjacent to an activating group) is 1. The molecule has 2 amide bonds. The summed E-state index contributed by atoms with van der Waals surface area (Å²) in [4.78, 5) is 13.0. The Morgan fingerprint density at radius 3 is 2.26 bits per heavy atom. The maximum Gasteiger partial charge on any atom is 0.501 e. The minimum atomic E-state index is -5.69. The van der Waals surface area contributed by atoms with Crippen LogP contribution in [-0.2, 0) is 16.3 Å². The van der Waals surface area contributed by atoms with E-state index in [1.807, 2.05) is 19.0 Å². The molecule has 0 radical (unpaired) electrons. The second-order valence-corrected chi connectivity index (χ2v) is 9.03. The Hall–Kier alpha value is -2.81. The number of hydrogen-bond acceptors (Lipinski definition) is 5. The molecule has 2 aromatic carbocycles. The monoisotopic (exact) mass is 474 g/mol. The minimum Gasteiger partial charge on any atom is -0.309 e. The lowest BCUT2D eigenvalue weighted by molar-refractivity contribution is -0.0435. The highest BCUT2D eigenvalue weighted by molar-refractivity contribution is 7.92. The van der Waals surface area contributed by atoms with Gasteiger partial charge in [0, 0.05) is 17.9 Å². The van der Waals surface area contributed by atoms with E-state index in [0.29, 0.717) is 35.8 Å². The summed E-state index contributed by atoms with van der Waals surface area (Å²) >= 11 is 5.61. The molecule has 0 aliphatic carbocycles. The number of hydrogen-bond donors (Lipinski definition) is 2. The van der Waals surface area contributed by atoms with E-state index >= 15 is 0 Å². The molecular formula is C19H18ClF3N4O3S. The van der Waals surface area contributed by atoms with Gasteiger partial charge in [0.2, 0.25) is 0 Å². The maximum atomic E-state index is 12.8. The van der Waals surface area contributed by atoms with E-state index in [1.165, 1.54) is 18.2 Å². The fourth-order valence-electron chi connectivity index (χ4n) is 2.54. The molecule has 0 aromatic heterocycles. The Kier molecular flexibility index (Phi) is 7.54. The number of nitriles is 1. The van der Waals surface area contributed by atoms with Gasteiger partial charge in [-0.3, -0.25) is 0 Å². The summed E-state index contributed by atoms with van der Waals surface area (Å²) in [6, 6.07) is 8.64. The van der Waals surface area contributed by atoms with Crippen LogP contribution in [0.25, 0.3) is 0 Å². The summed E-state index contributed by atoms with van der Waals surface area (Å²) in [6.45, 7) is 0.672. The predicted molar refractivity (Wildman–Crippen MR) is 111 cm³/mol. The summed E-state index contributed by atoms with van der Waals surface area (Å²) in [7, 11) is -1.94. The first-order valence-electron chi connectivity index (χ1n) is 8.72. The van der Waals surface area contributed by atoms with Gasteiger partial charge in [-0.1, -0.05) is 11.6 Å². The SMILES string of the molecule is CN(C)CCc1cc(NC(=O)Nc2ccc(Cl)c(S(=O)(=O)C(F)(F)F)c2)ccc1C#N. The van der Waals surface area contributed by atoms with E-state index in [9.17, 15) is 31.6 Å². The molecule has 0 bridgehead atoms. The van der Waals surface area contributed by atoms with E-state index in [1.54, 1.807) is 6.07 Å². The van der Waals surface area contributed by atoms with Crippen molar-refractivity contribution in [2.75, 3.05) is 31.3 Å². The molecule has 2 aromatic rings. The van der Waals surface area contributed by atoms with Gasteiger partial charge < -0.3 is 15.5 Å². The zero-order valence-corrected chi connectivity index (χ0v) is 18.0. The Morgan fingerprint density at radius 2 is 1.71 bits per heavy atom. The van der Waals surface area contributed by atoms with Crippen LogP contribution in [-0.4, -0.2) is 45.5 Å². The lowest BCUT2D eigenvalue weighted by Crippen LogP contribution is -2.24. The molecule has 166 valence electrons. The number of halogens is 4. The number of rotatable bonds is 6. The first kappa shape index (κ1) is 24.5. The van der Waals surface area contributed by atoms with E-state index in [-0.39, 0.29) is 5.69 Å². The summed E-state index contributed by atoms with van der Waals surface area (Å²) in [5.74, 6) is 0. The van der Waals surface area contributed by atoms with Crippen molar-refractivity contribution >= 4 is 38.8 Å². The van der Waals surface area contributed by atoms with E-state index < -0.39 is 31.3 Å². The van der Waals surface area contributed by atoms with Gasteiger partial charge in [0.05, 0.1) is 21.6 Å². The van der Waals surface area contributed by atoms with Crippen LogP contribution in [0.3, 0.4) is 0 Å². The molecule has 7 nitrogen and oxygen atoms in total. The zero-order valence-electron chi connectivity index (χ0n) is 16.4. The molecule has 0 saturated heterocycles. The number of carbonyl (C=O) groups excluding carboxylic acids is 1. The normalized spacial score (nSPS) is 11.8. The van der Waals surface area contributed by atoms with Gasteiger partial charge in [0.15, 0.2) is 0 Å². The van der Waals surface area contributed by atoms with Crippen molar-refractivity contribution in [2.45, 2.75) is 16.8 Å². The van der Waals surface area contributed by atoms with Crippen molar-refractivity contribution in [1.29, 1.82) is 5.26 Å². The first-order valence-corrected chi connectivity index (χ1v) is 10.6. The fourth-order valence-corrected chi connectivity index (χ4v) is 3.82. The molecule has 2 N–H and O–H groups in total. The molecule has 0 fully saturated rings. The molecule has 31 heavy (non-hydrogen) atoms. The average molecular weight is 475 g/mol. The van der Waals surface area contributed by atoms with Crippen LogP contribution in [0.15, 0.2) is 41.3 Å². The molecule has 0 unspecified atom stereocenters. The number of nitrogens with zero attached hydrogens (tertiary/aromatic N) is 2. The van der Waals surface area contributed by atoms with Gasteiger partial charge in [-0.2, -0.15) is 18.4 Å². The number of carbonyl (C=O) groups is 1. The Balaban J connectivity index is 2.21. The summed E-state index contributed by atoms with van der Waals surface area (Å²) in [5, 5.41) is 13.4. The summed E-state index contributed by atoms with van der Waals surface area (Å²) in [6.07, 6.45) is 0.558. The molecule has 0 atom stereocenters. The van der Waals surface area contributed by atoms with Crippen molar-refractivity contribution in [3.05, 3.63) is 52.5 Å². The van der Waals surface area contributed by atoms with Gasteiger partial charge in [-0.05, 0) is 62.5 Å². The highest BCUT2D eigenvalue weighted by Crippen LogP contribution is 2.35. The second kappa shape index (κ2) is 9.55. The van der Waals surface area contributed by atoms with Crippen molar-refractivity contribution in [1.82, 2.24) is 4.90 Å². The largest absolute Gasteiger partial charge is 0.501 e. The van der Waals surface area contributed by atoms with Crippen molar-refractivity contribution in [3.63, 3.8) is 0 Å². The molecule has 0 saturated carbocycles. The zero-order chi connectivity index (χ0) is 23.4. The third kappa shape index (κ3) is 6.10. The highest BCUT2D eigenvalue weighted by atomic mass is 35.5. The Bertz CT molecular complexity index is 1130. The number of urea groups is 1. The maximum absolute atomic E-state index is 12.8. The Labute approximate surface area is 182 Å². The molecule has 0 aliphatic heterocycles. The minimum absolute atomic E-state index is 0.203. The number of sulfone groups is 1. The number of nitrogens with one attached hydrogen (secondary N) is 2. The number of alkyl halides is 3. The van der Waals surface area contributed by atoms with Crippen LogP contribution in [0.5, 0.6) is 0 Å². The quantitative estimate of drug-likeness (QED) is 0.651. The van der Waals surface area contributed by atoms with Gasteiger partial charge in [-0.15, -0.1) is 0 Å². The van der Waals surface area contributed by atoms with Gasteiger partial charge >= 0.3 is 11.5 Å². The number of amides is 2. The van der Waals surface area contributed by atoms with E-state index in [4.69, 9.17) is 11.6 Å². The van der Waals surface area contributed by atoms with Crippen LogP contribution >= 0.6 is 11.6 Å². The summed E-state index contributed by atoms with van der Waals surface area (Å²) < 4.78 is 61.7. The van der Waals surface area contributed by atoms with Crippen LogP contribution in [0.4, 0.5) is 29.3 Å². The van der Waals surface area contributed by atoms with Gasteiger partial charge in [-0.25, -0.2) is 13.2 Å². The van der Waals surface area contributed by atoms with Crippen LogP contribution in [0.1, 0.15) is 11.1 Å². The second-order valence-electron chi connectivity index (χ2n) is 6.71. The third-order valence-electron chi connectivity index (χ3n) is 4.10. The lowest BCUT2D eigenvalue weighted by atomic mass is 10.0. The smallest absolute Gasteiger partial charge is 0.309 e. The fraction of sp³-hybridized carbons (Fsp3) is 0.263. The van der Waals surface area contributed by atoms with Gasteiger partial charge in [0.1, 0.15) is 0 Å². The van der Waals surface area contributed by atoms with E-state index in [0.717, 1.165) is 6.07 Å². The molecule has 0 aliphatic rings. The average Bonchev–Trinajstić information content (AvgIpc) is 2.66. The van der Waals surface area contributed by atoms with Gasteiger partial charge in [0.25, 0.3) is 9.84 Å². The van der Waals surface area contributed by atoms with Crippen LogP contribution in [0.2, 0.25) is 5.02 Å². The number of benzene rings is 2. The molecule has 12 heteroatoms. The highest BCUT2D eigenvalue weighted by Gasteiger charge is 2.48. The van der Waals surface area contributed by atoms with E-state index in [2.05, 4.69) is 16.7 Å². The first-order chi connectivity index (χ1) is 14.3. The number of anilines is 2. The molecule has 0 spiro atoms. The lowest BCUT2D eigenvalue weighted by Gasteiger charge is -2.14. The van der Waals surface area contributed by atoms with Crippen LogP contribution in [0, 0.1) is 11.3 Å². The third-order valence-corrected chi connectivity index (χ3v) is 6.06. The molecule has 2 rings (SSSR count). The van der Waals surface area contributed by atoms with Crippen LogP contribution < -0.4 is 10.6 Å². The standard InChI is InChI=1S/C19H18ClF3N4O3S/c1-27(2)8-7-12-9-14(4-3-13(12)11-24)25-18(28)26-15-5-6-16(20)17(10-15)31(29,30)19(21,22)23/h3-6,9-10H,7-8H2,1-2H3,(H2,25,26,28). The predicted octanol–water partition coefficient (Wildman–Crippen LogP) is 4.25. The topological polar surface area (TPSA) is 102 Å². The van der Waals surface area contributed by atoms with Crippen molar-refractivity contribution in [3.8, 4) is 6.07 Å². The molecular weight excluding hydrogens is 457 g/mol. The summed E-state index contributed by atoms with van der Waals surface area (Å²) in [5.41, 5.74) is -4.23. The molecule has 0 heterocycles. The van der Waals surface area contributed by atoms with Crippen molar-refractivity contribution in [2.24, 2.45) is 0 Å².